The van der Waals surface area contributed by atoms with Gasteiger partial charge in [0.15, 0.2) is 0 Å². The van der Waals surface area contributed by atoms with Gasteiger partial charge in [0, 0.05) is 31.4 Å². The van der Waals surface area contributed by atoms with Crippen LogP contribution in [0.5, 0.6) is 5.75 Å². The second-order valence-corrected chi connectivity index (χ2v) is 4.81. The van der Waals surface area contributed by atoms with Gasteiger partial charge in [-0.3, -0.25) is 4.79 Å². The summed E-state index contributed by atoms with van der Waals surface area (Å²) in [4.78, 5) is 15.5. The summed E-state index contributed by atoms with van der Waals surface area (Å²) in [5, 5.41) is 9.96. The first-order chi connectivity index (χ1) is 9.04. The van der Waals surface area contributed by atoms with Gasteiger partial charge in [-0.1, -0.05) is 6.07 Å². The summed E-state index contributed by atoms with van der Waals surface area (Å²) in [6, 6.07) is 5.62. The molecule has 1 saturated heterocycles. The summed E-state index contributed by atoms with van der Waals surface area (Å²) in [6.07, 6.45) is -0.638. The average Bonchev–Trinajstić information content (AvgIpc) is 2.40. The smallest absolute Gasteiger partial charge is 0.241 e. The largest absolute Gasteiger partial charge is 0.496 e. The number of rotatable bonds is 3. The molecule has 1 aliphatic heterocycles. The fourth-order valence-corrected chi connectivity index (χ4v) is 2.37. The molecule has 0 aromatic heterocycles. The van der Waals surface area contributed by atoms with Crippen LogP contribution >= 0.6 is 0 Å². The maximum absolute atomic E-state index is 11.8. The van der Waals surface area contributed by atoms with Gasteiger partial charge in [0.2, 0.25) is 5.91 Å². The maximum atomic E-state index is 11.8. The topological polar surface area (TPSA) is 53.0 Å². The van der Waals surface area contributed by atoms with E-state index in [9.17, 15) is 9.90 Å². The van der Waals surface area contributed by atoms with Crippen LogP contribution in [0.25, 0.3) is 0 Å². The number of anilines is 1. The Morgan fingerprint density at radius 1 is 1.37 bits per heavy atom. The summed E-state index contributed by atoms with van der Waals surface area (Å²) < 4.78 is 5.30. The van der Waals surface area contributed by atoms with Gasteiger partial charge in [0.25, 0.3) is 0 Å². The highest BCUT2D eigenvalue weighted by atomic mass is 16.5. The molecule has 1 atom stereocenters. The summed E-state index contributed by atoms with van der Waals surface area (Å²) >= 11 is 0. The molecule has 0 saturated carbocycles. The van der Waals surface area contributed by atoms with Crippen LogP contribution < -0.4 is 9.64 Å². The van der Waals surface area contributed by atoms with Crippen molar-refractivity contribution in [3.8, 4) is 5.75 Å². The maximum Gasteiger partial charge on any atom is 0.241 e. The Hall–Kier alpha value is -1.75. The molecule has 104 valence electrons. The number of aliphatic hydroxyl groups is 1. The molecule has 0 bridgehead atoms. The number of benzene rings is 1. The molecular weight excluding hydrogens is 244 g/mol. The number of carbonyl (C=O) groups is 1. The van der Waals surface area contributed by atoms with E-state index in [1.165, 1.54) is 0 Å². The second kappa shape index (κ2) is 5.48. The van der Waals surface area contributed by atoms with Crippen LogP contribution in [0.1, 0.15) is 18.6 Å². The summed E-state index contributed by atoms with van der Waals surface area (Å²) in [7, 11) is 3.39. The van der Waals surface area contributed by atoms with E-state index in [0.717, 1.165) is 17.8 Å². The normalized spacial score (nSPS) is 17.6. The molecule has 0 spiro atoms. The fourth-order valence-electron chi connectivity index (χ4n) is 2.37. The fraction of sp³-hybridized carbons (Fsp3) is 0.500. The van der Waals surface area contributed by atoms with Gasteiger partial charge in [0.1, 0.15) is 5.75 Å². The summed E-state index contributed by atoms with van der Waals surface area (Å²) in [5.74, 6) is 0.740. The lowest BCUT2D eigenvalue weighted by atomic mass is 10.0. The molecule has 0 aliphatic carbocycles. The number of carbonyl (C=O) groups excluding carboxylic acids is 1. The molecule has 5 heteroatoms. The first-order valence-corrected chi connectivity index (χ1v) is 6.38. The van der Waals surface area contributed by atoms with E-state index in [-0.39, 0.29) is 5.91 Å². The minimum absolute atomic E-state index is 0.0885. The molecule has 5 nitrogen and oxygen atoms in total. The SMILES string of the molecule is COc1cccc(N2CCN(C)C(=O)C2)c1[C@H](C)O. The molecule has 0 unspecified atom stereocenters. The van der Waals surface area contributed by atoms with Crippen LogP contribution in [-0.2, 0) is 4.79 Å². The van der Waals surface area contributed by atoms with Crippen molar-refractivity contribution in [2.45, 2.75) is 13.0 Å². The van der Waals surface area contributed by atoms with Crippen LogP contribution in [0, 0.1) is 0 Å². The lowest BCUT2D eigenvalue weighted by molar-refractivity contribution is -0.129. The number of nitrogens with zero attached hydrogens (tertiary/aromatic N) is 2. The Morgan fingerprint density at radius 3 is 2.68 bits per heavy atom. The van der Waals surface area contributed by atoms with Crippen LogP contribution in [0.4, 0.5) is 5.69 Å². The summed E-state index contributed by atoms with van der Waals surface area (Å²) in [6.45, 7) is 3.49. The number of hydrogen-bond donors (Lipinski definition) is 1. The zero-order valence-electron chi connectivity index (χ0n) is 11.6. The number of amides is 1. The highest BCUT2D eigenvalue weighted by Crippen LogP contribution is 2.34. The quantitative estimate of drug-likeness (QED) is 0.886. The minimum Gasteiger partial charge on any atom is -0.496 e. The number of piperazine rings is 1. The predicted molar refractivity (Wildman–Crippen MR) is 73.5 cm³/mol. The van der Waals surface area contributed by atoms with Crippen molar-refractivity contribution in [1.82, 2.24) is 4.90 Å². The van der Waals surface area contributed by atoms with Crippen LogP contribution in [-0.4, -0.2) is 49.7 Å². The van der Waals surface area contributed by atoms with Gasteiger partial charge in [-0.2, -0.15) is 0 Å². The Bertz CT molecular complexity index is 474. The Kier molecular flexibility index (Phi) is 3.95. The molecule has 0 radical (unpaired) electrons. The van der Waals surface area contributed by atoms with Crippen molar-refractivity contribution in [3.05, 3.63) is 23.8 Å². The summed E-state index contributed by atoms with van der Waals surface area (Å²) in [5.41, 5.74) is 1.61. The molecular formula is C14H20N2O3. The first-order valence-electron chi connectivity index (χ1n) is 6.38. The Balaban J connectivity index is 2.36. The van der Waals surface area contributed by atoms with Crippen molar-refractivity contribution in [3.63, 3.8) is 0 Å². The highest BCUT2D eigenvalue weighted by molar-refractivity contribution is 5.83. The number of methoxy groups -OCH3 is 1. The van der Waals surface area contributed by atoms with Gasteiger partial charge >= 0.3 is 0 Å². The van der Waals surface area contributed by atoms with Gasteiger partial charge in [-0.25, -0.2) is 0 Å². The average molecular weight is 264 g/mol. The zero-order chi connectivity index (χ0) is 14.0. The van der Waals surface area contributed by atoms with Gasteiger partial charge in [-0.15, -0.1) is 0 Å². The van der Waals surface area contributed by atoms with Gasteiger partial charge < -0.3 is 19.6 Å². The molecule has 1 aromatic carbocycles. The lowest BCUT2D eigenvalue weighted by Crippen LogP contribution is -2.48. The van der Waals surface area contributed by atoms with Crippen molar-refractivity contribution < 1.29 is 14.6 Å². The monoisotopic (exact) mass is 264 g/mol. The molecule has 1 N–H and O–H groups in total. The zero-order valence-corrected chi connectivity index (χ0v) is 11.6. The van der Waals surface area contributed by atoms with Crippen molar-refractivity contribution in [2.24, 2.45) is 0 Å². The van der Waals surface area contributed by atoms with Gasteiger partial charge in [-0.05, 0) is 19.1 Å². The first kappa shape index (κ1) is 13.7. The van der Waals surface area contributed by atoms with Crippen molar-refractivity contribution in [1.29, 1.82) is 0 Å². The Morgan fingerprint density at radius 2 is 2.11 bits per heavy atom. The van der Waals surface area contributed by atoms with E-state index in [2.05, 4.69) is 0 Å². The van der Waals surface area contributed by atoms with E-state index in [4.69, 9.17) is 4.74 Å². The molecule has 2 rings (SSSR count). The highest BCUT2D eigenvalue weighted by Gasteiger charge is 2.25. The van der Waals surface area contributed by atoms with E-state index in [0.29, 0.717) is 18.8 Å². The molecule has 1 fully saturated rings. The van der Waals surface area contributed by atoms with Crippen LogP contribution in [0.2, 0.25) is 0 Å². The number of likely N-dealkylation sites (N-methyl/N-ethyl adjacent to an activating group) is 1. The van der Waals surface area contributed by atoms with Crippen molar-refractivity contribution >= 4 is 11.6 Å². The third-order valence-electron chi connectivity index (χ3n) is 3.48. The van der Waals surface area contributed by atoms with Crippen LogP contribution in [0.15, 0.2) is 18.2 Å². The molecule has 1 amide bonds. The lowest BCUT2D eigenvalue weighted by Gasteiger charge is -2.35. The third kappa shape index (κ3) is 2.66. The molecule has 1 heterocycles. The molecule has 1 aromatic rings. The Labute approximate surface area is 113 Å². The molecule has 1 aliphatic rings. The van der Waals surface area contributed by atoms with E-state index >= 15 is 0 Å². The number of hydrogen-bond acceptors (Lipinski definition) is 4. The third-order valence-corrected chi connectivity index (χ3v) is 3.48. The molecule has 19 heavy (non-hydrogen) atoms. The minimum atomic E-state index is -0.638. The predicted octanol–water partition coefficient (Wildman–Crippen LogP) is 1.03. The van der Waals surface area contributed by atoms with Crippen LogP contribution in [0.3, 0.4) is 0 Å². The van der Waals surface area contributed by atoms with E-state index < -0.39 is 6.10 Å². The second-order valence-electron chi connectivity index (χ2n) is 4.81. The standard InChI is InChI=1S/C14H20N2O3/c1-10(17)14-11(5-4-6-12(14)19-3)16-8-7-15(2)13(18)9-16/h4-6,10,17H,7-9H2,1-3H3/t10-/m0/s1. The van der Waals surface area contributed by atoms with E-state index in [1.807, 2.05) is 23.1 Å². The van der Waals surface area contributed by atoms with Gasteiger partial charge in [0.05, 0.1) is 19.8 Å². The van der Waals surface area contributed by atoms with E-state index in [1.54, 1.807) is 26.0 Å². The number of aliphatic hydroxyl groups excluding tert-OH is 1. The number of ether oxygens (including phenoxy) is 1. The van der Waals surface area contributed by atoms with Crippen molar-refractivity contribution in [2.75, 3.05) is 38.7 Å².